The molecule has 0 saturated heterocycles. The first kappa shape index (κ1) is 78.6. The number of thiophene rings is 2. The van der Waals surface area contributed by atoms with Crippen LogP contribution in [0.3, 0.4) is 0 Å². The average Bonchev–Trinajstić information content (AvgIpc) is 1.56. The van der Waals surface area contributed by atoms with Crippen LogP contribution in [0.25, 0.3) is 238 Å². The third-order valence-electron chi connectivity index (χ3n) is 29.9. The summed E-state index contributed by atoms with van der Waals surface area (Å²) in [7, 11) is 0. The molecule has 0 N–H and O–H groups in total. The van der Waals surface area contributed by atoms with Gasteiger partial charge in [0.2, 0.25) is 0 Å². The lowest BCUT2D eigenvalue weighted by atomic mass is 9.80. The van der Waals surface area contributed by atoms with Gasteiger partial charge in [0, 0.05) is 56.6 Å². The Balaban J connectivity index is 0.000000105. The summed E-state index contributed by atoms with van der Waals surface area (Å²) in [5.41, 5.74) is 34.3. The van der Waals surface area contributed by atoms with Crippen LogP contribution in [0.1, 0.15) is 74.9 Å². The molecule has 3 aliphatic rings. The fourth-order valence-electron chi connectivity index (χ4n) is 23.1. The fraction of sp³-hybridized carbons (Fsp3) is 0.0687. The second kappa shape index (κ2) is 30.3. The van der Waals surface area contributed by atoms with E-state index in [-0.39, 0.29) is 16.2 Å². The van der Waals surface area contributed by atoms with E-state index < -0.39 is 0 Å². The van der Waals surface area contributed by atoms with Crippen molar-refractivity contribution in [3.05, 3.63) is 470 Å². The largest absolute Gasteiger partial charge is 0.135 e. The monoisotopic (exact) mass is 1730 g/mol. The second-order valence-electron chi connectivity index (χ2n) is 38.4. The lowest BCUT2D eigenvalue weighted by Gasteiger charge is -2.23. The molecular weight excluding hydrogens is 1640 g/mol. The van der Waals surface area contributed by atoms with Crippen LogP contribution in [0.5, 0.6) is 0 Å². The van der Waals surface area contributed by atoms with Crippen molar-refractivity contribution in [1.82, 2.24) is 0 Å². The normalized spacial score (nSPS) is 13.5. The van der Waals surface area contributed by atoms with Crippen molar-refractivity contribution in [3.63, 3.8) is 0 Å². The molecule has 0 spiro atoms. The van der Waals surface area contributed by atoms with Crippen molar-refractivity contribution in [2.75, 3.05) is 0 Å². The highest BCUT2D eigenvalue weighted by Gasteiger charge is 2.42. The predicted octanol–water partition coefficient (Wildman–Crippen LogP) is 37.6. The number of fused-ring (bicyclic) bond motifs is 27. The van der Waals surface area contributed by atoms with Gasteiger partial charge in [-0.3, -0.25) is 0 Å². The smallest absolute Gasteiger partial charge is 0.0433 e. The van der Waals surface area contributed by atoms with Crippen molar-refractivity contribution in [2.45, 2.75) is 57.8 Å². The summed E-state index contributed by atoms with van der Waals surface area (Å²) in [6, 6.07) is 163. The van der Waals surface area contributed by atoms with Crippen molar-refractivity contribution in [2.24, 2.45) is 0 Å². The highest BCUT2D eigenvalue weighted by atomic mass is 32.1. The minimum absolute atomic E-state index is 0.0895. The molecule has 0 bridgehead atoms. The van der Waals surface area contributed by atoms with E-state index in [9.17, 15) is 0 Å². The Labute approximate surface area is 782 Å². The molecule has 2 heterocycles. The van der Waals surface area contributed by atoms with Crippen molar-refractivity contribution in [1.29, 1.82) is 0 Å². The van der Waals surface area contributed by atoms with Crippen LogP contribution in [0, 0.1) is 0 Å². The van der Waals surface area contributed by atoms with Gasteiger partial charge in [-0.05, 0) is 322 Å². The zero-order valence-electron chi connectivity index (χ0n) is 74.9. The quantitative estimate of drug-likeness (QED) is 0.149. The number of hydrogen-bond acceptors (Lipinski definition) is 2. The first-order chi connectivity index (χ1) is 65.2. The minimum Gasteiger partial charge on any atom is -0.135 e. The van der Waals surface area contributed by atoms with Crippen LogP contribution < -0.4 is 0 Å². The van der Waals surface area contributed by atoms with E-state index >= 15 is 0 Å². The van der Waals surface area contributed by atoms with Crippen LogP contribution in [0.15, 0.2) is 437 Å². The summed E-state index contributed by atoms with van der Waals surface area (Å²) in [5.74, 6) is 0. The maximum absolute atomic E-state index is 2.49. The summed E-state index contributed by atoms with van der Waals surface area (Å²) in [4.78, 5) is 0. The Morgan fingerprint density at radius 3 is 0.865 bits per heavy atom. The SMILES string of the molecule is CC1(C)c2cc3ccccc3cc2-c2c1cc(-c1cccc(-c3ccc4cc(-c5ccc6ccccc6c5)ccc4c3)c1)c1ccccc21.CC1(C)c2cc3ccccc3cc2-c2c1cc(-c1cccc(-c3cccc4c3sc3ccccc34)c1)c1ccccc21.CC1(C)c2ccc3ccccc3c2-c2c1cc(-c1cccc(-c3cccc4c3sc3ccccc34)c1)c1ccccc21. The predicted molar refractivity (Wildman–Crippen MR) is 576 cm³/mol. The van der Waals surface area contributed by atoms with Gasteiger partial charge in [0.15, 0.2) is 0 Å². The Hall–Kier alpha value is -15.4. The van der Waals surface area contributed by atoms with Gasteiger partial charge >= 0.3 is 0 Å². The van der Waals surface area contributed by atoms with Gasteiger partial charge in [0.05, 0.1) is 0 Å². The first-order valence-electron chi connectivity index (χ1n) is 46.6. The van der Waals surface area contributed by atoms with Crippen LogP contribution >= 0.6 is 22.7 Å². The zero-order chi connectivity index (χ0) is 88.7. The maximum Gasteiger partial charge on any atom is 0.0433 e. The number of hydrogen-bond donors (Lipinski definition) is 0. The first-order valence-corrected chi connectivity index (χ1v) is 48.3. The number of rotatable bonds is 7. The summed E-state index contributed by atoms with van der Waals surface area (Å²) in [6.45, 7) is 14.4. The van der Waals surface area contributed by atoms with Crippen LogP contribution in [0.4, 0.5) is 0 Å². The van der Waals surface area contributed by atoms with Gasteiger partial charge in [-0.2, -0.15) is 0 Å². The summed E-state index contributed by atoms with van der Waals surface area (Å²) >= 11 is 3.79. The summed E-state index contributed by atoms with van der Waals surface area (Å²) in [6.07, 6.45) is 0. The molecule has 0 amide bonds. The Morgan fingerprint density at radius 1 is 0.143 bits per heavy atom. The lowest BCUT2D eigenvalue weighted by molar-refractivity contribution is 0.661. The molecule has 2 aromatic heterocycles. The molecule has 0 fully saturated rings. The molecule has 23 aromatic carbocycles. The van der Waals surface area contributed by atoms with Crippen molar-refractivity contribution in [3.8, 4) is 111 Å². The van der Waals surface area contributed by atoms with Crippen LogP contribution in [-0.4, -0.2) is 0 Å². The number of benzene rings is 23. The molecule has 0 aliphatic heterocycles. The van der Waals surface area contributed by atoms with E-state index in [1.54, 1.807) is 0 Å². The molecule has 626 valence electrons. The van der Waals surface area contributed by atoms with E-state index in [0.29, 0.717) is 0 Å². The Bertz CT molecular complexity index is 9240. The Kier molecular flexibility index (Phi) is 17.9. The van der Waals surface area contributed by atoms with Crippen molar-refractivity contribution >= 4 is 149 Å². The maximum atomic E-state index is 2.49. The summed E-state index contributed by atoms with van der Waals surface area (Å²) < 4.78 is 5.40. The molecule has 0 nitrogen and oxygen atoms in total. The van der Waals surface area contributed by atoms with Gasteiger partial charge in [0.1, 0.15) is 0 Å². The topological polar surface area (TPSA) is 0 Å². The third-order valence-corrected chi connectivity index (χ3v) is 32.3. The van der Waals surface area contributed by atoms with E-state index in [2.05, 4.69) is 478 Å². The molecule has 28 rings (SSSR count). The molecule has 0 atom stereocenters. The third kappa shape index (κ3) is 12.5. The van der Waals surface area contributed by atoms with E-state index in [1.165, 1.54) is 271 Å². The Morgan fingerprint density at radius 2 is 0.421 bits per heavy atom. The highest BCUT2D eigenvalue weighted by Crippen LogP contribution is 2.59. The van der Waals surface area contributed by atoms with E-state index in [4.69, 9.17) is 0 Å². The minimum atomic E-state index is -0.102. The second-order valence-corrected chi connectivity index (χ2v) is 40.5. The molecule has 0 unspecified atom stereocenters. The molecule has 3 aliphatic carbocycles. The van der Waals surface area contributed by atoms with Crippen molar-refractivity contribution < 1.29 is 0 Å². The van der Waals surface area contributed by atoms with E-state index in [1.807, 2.05) is 22.7 Å². The van der Waals surface area contributed by atoms with Gasteiger partial charge in [-0.15, -0.1) is 22.7 Å². The molecule has 2 heteroatoms. The lowest BCUT2D eigenvalue weighted by Crippen LogP contribution is -2.15. The highest BCUT2D eigenvalue weighted by molar-refractivity contribution is 7.26. The van der Waals surface area contributed by atoms with Crippen LogP contribution in [0.2, 0.25) is 0 Å². The summed E-state index contributed by atoms with van der Waals surface area (Å²) in [5, 5.41) is 26.2. The molecule has 0 radical (unpaired) electrons. The molecule has 25 aromatic rings. The van der Waals surface area contributed by atoms with Gasteiger partial charge in [-0.25, -0.2) is 0 Å². The standard InChI is InChI=1S/C49H34.2C41H28S/c1-49(2)46-29-35-13-6-5-12-34(35)28-45(46)48-43-17-8-7-16-42(43)44(30-47(48)49)41-15-9-14-33(27-41)36-20-21-40-26-39(23-22-38(40)25-36)37-19-18-31-10-3-4-11-32(31)24-37;1-41(2)35-22-21-25-11-3-4-14-28(25)38(35)39-32-17-6-5-15-30(32)34(24-36(39)41)27-13-9-12-26(23-27)29-18-10-19-33-31-16-7-8-20-37(31)42-40(29)33;1-41(2)36-23-26-12-4-3-11-25(26)22-35(36)39-32-17-6-5-15-30(32)34(24-37(39)41)28-14-9-13-27(21-28)29-18-10-19-33-31-16-7-8-20-38(31)42-40(29)33/h3-30H,1-2H3;2*3-24H,1-2H3. The van der Waals surface area contributed by atoms with E-state index in [0.717, 1.165) is 0 Å². The fourth-order valence-corrected chi connectivity index (χ4v) is 25.6. The van der Waals surface area contributed by atoms with Crippen LogP contribution in [-0.2, 0) is 16.2 Å². The van der Waals surface area contributed by atoms with Gasteiger partial charge < -0.3 is 0 Å². The van der Waals surface area contributed by atoms with Gasteiger partial charge in [-0.1, -0.05) is 387 Å². The average molecular weight is 1730 g/mol. The molecule has 0 saturated carbocycles. The van der Waals surface area contributed by atoms with Gasteiger partial charge in [0.25, 0.3) is 0 Å². The molecular formula is C131H90S2. The molecule has 133 heavy (non-hydrogen) atoms. The zero-order valence-corrected chi connectivity index (χ0v) is 76.5.